The lowest BCUT2D eigenvalue weighted by molar-refractivity contribution is -0.185. The summed E-state index contributed by atoms with van der Waals surface area (Å²) in [6.07, 6.45) is -0.193. The lowest BCUT2D eigenvalue weighted by Gasteiger charge is -2.34. The number of nitrogens with one attached hydrogen (secondary N) is 1. The van der Waals surface area contributed by atoms with Crippen molar-refractivity contribution >= 4 is 24.2 Å². The number of rotatable bonds is 16. The highest BCUT2D eigenvalue weighted by molar-refractivity contribution is 5.82. The average Bonchev–Trinajstić information content (AvgIpc) is 2.90. The third kappa shape index (κ3) is 13.1. The molecule has 238 valence electrons. The molecule has 11 heteroatoms. The Balaban J connectivity index is 3.43. The van der Waals surface area contributed by atoms with Crippen molar-refractivity contribution in [3.8, 4) is 11.5 Å². The zero-order chi connectivity index (χ0) is 32.1. The Bertz CT molecular complexity index is 1050. The molecule has 0 aliphatic rings. The number of ether oxygens (including phenoxy) is 5. The van der Waals surface area contributed by atoms with Gasteiger partial charge in [-0.2, -0.15) is 0 Å². The van der Waals surface area contributed by atoms with Crippen LogP contribution in [-0.4, -0.2) is 54.3 Å². The van der Waals surface area contributed by atoms with Crippen LogP contribution in [0.1, 0.15) is 93.6 Å². The minimum absolute atomic E-state index is 0.00780. The van der Waals surface area contributed by atoms with E-state index in [9.17, 15) is 24.3 Å². The summed E-state index contributed by atoms with van der Waals surface area (Å²) in [5.41, 5.74) is -2.23. The van der Waals surface area contributed by atoms with Gasteiger partial charge in [-0.3, -0.25) is 10.1 Å². The van der Waals surface area contributed by atoms with Crippen LogP contribution in [0.3, 0.4) is 0 Å². The van der Waals surface area contributed by atoms with Crippen molar-refractivity contribution in [2.24, 2.45) is 17.3 Å². The van der Waals surface area contributed by atoms with Crippen molar-refractivity contribution in [2.75, 3.05) is 13.2 Å². The third-order valence-electron chi connectivity index (χ3n) is 6.61. The summed E-state index contributed by atoms with van der Waals surface area (Å²) in [5.74, 6) is -2.18. The van der Waals surface area contributed by atoms with Crippen LogP contribution in [-0.2, 0) is 30.2 Å². The molecule has 0 fully saturated rings. The van der Waals surface area contributed by atoms with Crippen molar-refractivity contribution in [1.82, 2.24) is 5.32 Å². The fourth-order valence-electron chi connectivity index (χ4n) is 3.47. The Morgan fingerprint density at radius 2 is 1.36 bits per heavy atom. The second-order valence-corrected chi connectivity index (χ2v) is 12.1. The molecule has 1 aromatic carbocycles. The Morgan fingerprint density at radius 3 is 1.81 bits per heavy atom. The maximum Gasteiger partial charge on any atom is 0.513 e. The number of hydrogen-bond donors (Lipinski definition) is 2. The molecule has 0 aliphatic carbocycles. The van der Waals surface area contributed by atoms with Crippen LogP contribution in [0.5, 0.6) is 11.5 Å². The molecular weight excluding hydrogens is 546 g/mol. The quantitative estimate of drug-likeness (QED) is 0.0934. The lowest BCUT2D eigenvalue weighted by atomic mass is 9.92. The number of esters is 1. The highest BCUT2D eigenvalue weighted by Gasteiger charge is 2.44. The molecule has 0 aromatic heterocycles. The predicted molar refractivity (Wildman–Crippen MR) is 156 cm³/mol. The van der Waals surface area contributed by atoms with Crippen molar-refractivity contribution in [2.45, 2.75) is 106 Å². The van der Waals surface area contributed by atoms with Gasteiger partial charge in [0.15, 0.2) is 11.5 Å². The fraction of sp³-hybridized carbons (Fsp3) is 0.677. The molecule has 2 N–H and O–H groups in total. The molecule has 0 saturated heterocycles. The standard InChI is InChI=1S/C31H49NO10/c1-10-20(4)18-38-28(36)40-24-14-13-23(15-25(24)41-29(37)39-19-21(5)11-2)16-31(27(34)35,32-22(6)12-3)42-26(33)17-30(7,8)9/h13-15,20-22,32H,10-12,16-19H2,1-9H3,(H,34,35)/t20?,21?,22?,31-/m0/s1. The van der Waals surface area contributed by atoms with Crippen molar-refractivity contribution in [3.63, 3.8) is 0 Å². The highest BCUT2D eigenvalue weighted by Crippen LogP contribution is 2.32. The van der Waals surface area contributed by atoms with Gasteiger partial charge in [0.1, 0.15) is 0 Å². The number of hydrogen-bond acceptors (Lipinski definition) is 10. The molecule has 0 heterocycles. The second kappa shape index (κ2) is 16.9. The van der Waals surface area contributed by atoms with Crippen molar-refractivity contribution < 1.29 is 48.0 Å². The van der Waals surface area contributed by atoms with E-state index in [1.807, 2.05) is 55.4 Å². The number of aliphatic carboxylic acids is 1. The average molecular weight is 596 g/mol. The Morgan fingerprint density at radius 1 is 0.833 bits per heavy atom. The summed E-state index contributed by atoms with van der Waals surface area (Å²) in [6.45, 7) is 17.2. The van der Waals surface area contributed by atoms with Crippen molar-refractivity contribution in [1.29, 1.82) is 0 Å². The van der Waals surface area contributed by atoms with E-state index in [-0.39, 0.29) is 55.4 Å². The van der Waals surface area contributed by atoms with E-state index in [0.717, 1.165) is 12.8 Å². The maximum atomic E-state index is 12.8. The minimum Gasteiger partial charge on any atom is -0.477 e. The third-order valence-corrected chi connectivity index (χ3v) is 6.61. The van der Waals surface area contributed by atoms with Crippen LogP contribution in [0.25, 0.3) is 0 Å². The number of carboxylic acids is 1. The first kappa shape index (κ1) is 36.7. The fourth-order valence-corrected chi connectivity index (χ4v) is 3.47. The van der Waals surface area contributed by atoms with E-state index in [1.165, 1.54) is 18.2 Å². The number of carbonyl (C=O) groups excluding carboxylic acids is 3. The summed E-state index contributed by atoms with van der Waals surface area (Å²) < 4.78 is 26.7. The van der Waals surface area contributed by atoms with Crippen LogP contribution < -0.4 is 14.8 Å². The first-order valence-electron chi connectivity index (χ1n) is 14.6. The van der Waals surface area contributed by atoms with Gasteiger partial charge in [-0.1, -0.05) is 74.3 Å². The molecule has 0 aliphatic heterocycles. The number of benzene rings is 1. The van der Waals surface area contributed by atoms with E-state index < -0.39 is 35.4 Å². The van der Waals surface area contributed by atoms with E-state index in [1.54, 1.807) is 6.92 Å². The monoisotopic (exact) mass is 595 g/mol. The summed E-state index contributed by atoms with van der Waals surface area (Å²) in [4.78, 5) is 50.3. The van der Waals surface area contributed by atoms with Gasteiger partial charge in [-0.15, -0.1) is 0 Å². The number of carbonyl (C=O) groups is 4. The molecular formula is C31H49NO10. The molecule has 4 atom stereocenters. The predicted octanol–water partition coefficient (Wildman–Crippen LogP) is 6.50. The summed E-state index contributed by atoms with van der Waals surface area (Å²) in [6, 6.07) is 3.86. The molecule has 1 rings (SSSR count). The molecule has 0 spiro atoms. The zero-order valence-electron chi connectivity index (χ0n) is 26.5. The summed E-state index contributed by atoms with van der Waals surface area (Å²) in [5, 5.41) is 13.2. The molecule has 42 heavy (non-hydrogen) atoms. The molecule has 0 bridgehead atoms. The van der Waals surface area contributed by atoms with Crippen LogP contribution in [0, 0.1) is 17.3 Å². The highest BCUT2D eigenvalue weighted by atomic mass is 16.7. The molecule has 11 nitrogen and oxygen atoms in total. The normalized spacial score (nSPS) is 15.0. The van der Waals surface area contributed by atoms with Gasteiger partial charge in [0.05, 0.1) is 19.6 Å². The maximum absolute atomic E-state index is 12.8. The van der Waals surface area contributed by atoms with Crippen LogP contribution in [0.15, 0.2) is 18.2 Å². The molecule has 1 aromatic rings. The van der Waals surface area contributed by atoms with Crippen LogP contribution in [0.2, 0.25) is 0 Å². The molecule has 0 radical (unpaired) electrons. The topological polar surface area (TPSA) is 147 Å². The summed E-state index contributed by atoms with van der Waals surface area (Å²) >= 11 is 0. The van der Waals surface area contributed by atoms with Crippen LogP contribution >= 0.6 is 0 Å². The Kier molecular flexibility index (Phi) is 14.8. The second-order valence-electron chi connectivity index (χ2n) is 12.1. The van der Waals surface area contributed by atoms with Gasteiger partial charge in [-0.25, -0.2) is 14.4 Å². The first-order valence-corrected chi connectivity index (χ1v) is 14.6. The molecule has 0 saturated carbocycles. The molecule has 0 amide bonds. The Hall–Kier alpha value is -3.34. The van der Waals surface area contributed by atoms with Gasteiger partial charge >= 0.3 is 24.2 Å². The SMILES string of the molecule is CCC(C)COC(=O)Oc1ccc(C[C@](NC(C)CC)(OC(=O)CC(C)(C)C)C(=O)O)cc1OC(=O)OCC(C)CC. The van der Waals surface area contributed by atoms with Gasteiger partial charge in [-0.05, 0) is 48.3 Å². The minimum atomic E-state index is -2.12. The van der Waals surface area contributed by atoms with Crippen LogP contribution in [0.4, 0.5) is 9.59 Å². The van der Waals surface area contributed by atoms with Gasteiger partial charge in [0.2, 0.25) is 0 Å². The lowest BCUT2D eigenvalue weighted by Crippen LogP contribution is -2.59. The summed E-state index contributed by atoms with van der Waals surface area (Å²) in [7, 11) is 0. The van der Waals surface area contributed by atoms with Crippen molar-refractivity contribution in [3.05, 3.63) is 23.8 Å². The zero-order valence-corrected chi connectivity index (χ0v) is 26.5. The molecule has 3 unspecified atom stereocenters. The first-order chi connectivity index (χ1) is 19.5. The van der Waals surface area contributed by atoms with Gasteiger partial charge < -0.3 is 28.8 Å². The van der Waals surface area contributed by atoms with Gasteiger partial charge in [0, 0.05) is 12.5 Å². The largest absolute Gasteiger partial charge is 0.513 e. The smallest absolute Gasteiger partial charge is 0.477 e. The van der Waals surface area contributed by atoms with E-state index in [0.29, 0.717) is 12.0 Å². The Labute approximate surface area is 249 Å². The van der Waals surface area contributed by atoms with E-state index in [4.69, 9.17) is 23.7 Å². The van der Waals surface area contributed by atoms with E-state index in [2.05, 4.69) is 5.32 Å². The van der Waals surface area contributed by atoms with E-state index >= 15 is 0 Å². The number of carboxylic acid groups (broad SMARTS) is 1. The van der Waals surface area contributed by atoms with Gasteiger partial charge in [0.25, 0.3) is 5.72 Å².